The minimum Gasteiger partial charge on any atom is -0.357 e. The van der Waals surface area contributed by atoms with Gasteiger partial charge in [-0.25, -0.2) is 4.99 Å². The number of guanidine groups is 1. The summed E-state index contributed by atoms with van der Waals surface area (Å²) in [5.74, 6) is 1.65. The Bertz CT molecular complexity index is 329. The van der Waals surface area contributed by atoms with Gasteiger partial charge < -0.3 is 15.5 Å². The molecule has 0 aromatic rings. The highest BCUT2D eigenvalue weighted by molar-refractivity contribution is 14.0. The molecule has 110 valence electrons. The summed E-state index contributed by atoms with van der Waals surface area (Å²) >= 11 is 0. The highest BCUT2D eigenvalue weighted by Crippen LogP contribution is 2.28. The van der Waals surface area contributed by atoms with Gasteiger partial charge in [-0.1, -0.05) is 6.92 Å². The average molecular weight is 380 g/mol. The minimum absolute atomic E-state index is 0. The van der Waals surface area contributed by atoms with Gasteiger partial charge in [-0.15, -0.1) is 24.0 Å². The van der Waals surface area contributed by atoms with Crippen LogP contribution in [-0.4, -0.2) is 49.0 Å². The summed E-state index contributed by atoms with van der Waals surface area (Å²) in [7, 11) is 0. The third-order valence-corrected chi connectivity index (χ3v) is 3.61. The van der Waals surface area contributed by atoms with Crippen LogP contribution in [0.2, 0.25) is 0 Å². The molecular weight excluding hydrogens is 355 g/mol. The fraction of sp³-hybridized carbons (Fsp3) is 0.846. The van der Waals surface area contributed by atoms with E-state index in [9.17, 15) is 4.79 Å². The summed E-state index contributed by atoms with van der Waals surface area (Å²) in [4.78, 5) is 18.2. The molecule has 2 rings (SSSR count). The topological polar surface area (TPSA) is 56.7 Å². The number of nitrogens with one attached hydrogen (secondary N) is 2. The molecule has 1 saturated heterocycles. The van der Waals surface area contributed by atoms with Crippen molar-refractivity contribution < 1.29 is 4.79 Å². The van der Waals surface area contributed by atoms with Crippen LogP contribution in [0.15, 0.2) is 4.99 Å². The van der Waals surface area contributed by atoms with Crippen LogP contribution in [0.1, 0.15) is 33.1 Å². The molecule has 2 fully saturated rings. The van der Waals surface area contributed by atoms with E-state index in [1.807, 2.05) is 11.8 Å². The fourth-order valence-corrected chi connectivity index (χ4v) is 2.23. The minimum atomic E-state index is 0. The second-order valence-electron chi connectivity index (χ2n) is 5.25. The van der Waals surface area contributed by atoms with Gasteiger partial charge in [0, 0.05) is 25.7 Å². The Kier molecular flexibility index (Phi) is 6.88. The van der Waals surface area contributed by atoms with Crippen molar-refractivity contribution in [3.63, 3.8) is 0 Å². The van der Waals surface area contributed by atoms with Gasteiger partial charge in [-0.3, -0.25) is 4.79 Å². The van der Waals surface area contributed by atoms with Crippen LogP contribution >= 0.6 is 24.0 Å². The number of rotatable bonds is 4. The molecule has 2 atom stereocenters. The monoisotopic (exact) mass is 380 g/mol. The van der Waals surface area contributed by atoms with E-state index < -0.39 is 0 Å². The van der Waals surface area contributed by atoms with E-state index >= 15 is 0 Å². The van der Waals surface area contributed by atoms with E-state index in [2.05, 4.69) is 22.5 Å². The van der Waals surface area contributed by atoms with Gasteiger partial charge in [0.05, 0.1) is 0 Å². The van der Waals surface area contributed by atoms with Crippen LogP contribution in [-0.2, 0) is 4.79 Å². The number of hydrogen-bond donors (Lipinski definition) is 2. The highest BCUT2D eigenvalue weighted by atomic mass is 127. The summed E-state index contributed by atoms with van der Waals surface area (Å²) in [6, 6.07) is 0.532. The molecule has 2 aliphatic rings. The lowest BCUT2D eigenvalue weighted by Gasteiger charge is -2.15. The number of carbonyl (C=O) groups is 1. The Hall–Kier alpha value is -0.530. The number of amides is 1. The van der Waals surface area contributed by atoms with Gasteiger partial charge >= 0.3 is 0 Å². The van der Waals surface area contributed by atoms with Gasteiger partial charge in [-0.05, 0) is 32.1 Å². The van der Waals surface area contributed by atoms with Crippen molar-refractivity contribution in [3.8, 4) is 0 Å². The van der Waals surface area contributed by atoms with Crippen LogP contribution in [0.25, 0.3) is 0 Å². The van der Waals surface area contributed by atoms with E-state index in [0.717, 1.165) is 44.4 Å². The molecule has 0 spiro atoms. The Morgan fingerprint density at radius 3 is 2.53 bits per heavy atom. The summed E-state index contributed by atoms with van der Waals surface area (Å²) in [6.45, 7) is 7.14. The maximum Gasteiger partial charge on any atom is 0.244 e. The summed E-state index contributed by atoms with van der Waals surface area (Å²) in [5, 5.41) is 6.54. The average Bonchev–Trinajstić information content (AvgIpc) is 2.86. The van der Waals surface area contributed by atoms with Crippen molar-refractivity contribution in [1.29, 1.82) is 0 Å². The van der Waals surface area contributed by atoms with E-state index in [-0.39, 0.29) is 36.4 Å². The molecular formula is C13H25IN4O. The van der Waals surface area contributed by atoms with E-state index in [1.54, 1.807) is 0 Å². The molecule has 1 amide bonds. The lowest BCUT2D eigenvalue weighted by Crippen LogP contribution is -2.40. The van der Waals surface area contributed by atoms with Crippen LogP contribution in [0, 0.1) is 5.92 Å². The third kappa shape index (κ3) is 5.16. The molecule has 0 aromatic carbocycles. The van der Waals surface area contributed by atoms with Crippen molar-refractivity contribution in [2.45, 2.75) is 39.2 Å². The van der Waals surface area contributed by atoms with E-state index in [4.69, 9.17) is 0 Å². The zero-order valence-electron chi connectivity index (χ0n) is 11.8. The molecule has 1 heterocycles. The molecule has 0 aromatic heterocycles. The summed E-state index contributed by atoms with van der Waals surface area (Å²) in [6.07, 6.45) is 3.46. The Morgan fingerprint density at radius 2 is 2.00 bits per heavy atom. The first kappa shape index (κ1) is 16.5. The second kappa shape index (κ2) is 7.91. The molecule has 1 saturated carbocycles. The van der Waals surface area contributed by atoms with Gasteiger partial charge in [0.1, 0.15) is 6.54 Å². The number of aliphatic imine (C=N–C) groups is 1. The van der Waals surface area contributed by atoms with Crippen LogP contribution < -0.4 is 10.6 Å². The lowest BCUT2D eigenvalue weighted by atomic mass is 10.4. The Morgan fingerprint density at radius 1 is 1.37 bits per heavy atom. The highest BCUT2D eigenvalue weighted by Gasteiger charge is 2.33. The van der Waals surface area contributed by atoms with Crippen LogP contribution in [0.3, 0.4) is 0 Å². The number of hydrogen-bond acceptors (Lipinski definition) is 2. The van der Waals surface area contributed by atoms with E-state index in [1.165, 1.54) is 6.42 Å². The number of likely N-dealkylation sites (tertiary alicyclic amines) is 1. The van der Waals surface area contributed by atoms with Gasteiger partial charge in [0.25, 0.3) is 0 Å². The first-order chi connectivity index (χ1) is 8.70. The number of halogens is 1. The van der Waals surface area contributed by atoms with Crippen molar-refractivity contribution in [2.75, 3.05) is 26.2 Å². The van der Waals surface area contributed by atoms with Crippen LogP contribution in [0.5, 0.6) is 0 Å². The maximum absolute atomic E-state index is 11.9. The molecule has 1 aliphatic heterocycles. The van der Waals surface area contributed by atoms with Crippen molar-refractivity contribution in [3.05, 3.63) is 0 Å². The predicted molar refractivity (Wildman–Crippen MR) is 87.9 cm³/mol. The predicted octanol–water partition coefficient (Wildman–Crippen LogP) is 1.19. The standard InChI is InChI=1S/C13H24N4O.HI/c1-3-14-13(16-11-8-10(11)2)15-9-12(18)17-6-4-5-7-17;/h10-11H,3-9H2,1-2H3,(H2,14,15,16);1H. The molecule has 5 nitrogen and oxygen atoms in total. The molecule has 2 unspecified atom stereocenters. The molecule has 6 heteroatoms. The second-order valence-corrected chi connectivity index (χ2v) is 5.25. The third-order valence-electron chi connectivity index (χ3n) is 3.61. The van der Waals surface area contributed by atoms with Crippen molar-refractivity contribution >= 4 is 35.8 Å². The number of nitrogens with zero attached hydrogens (tertiary/aromatic N) is 2. The first-order valence-electron chi connectivity index (χ1n) is 7.03. The lowest BCUT2D eigenvalue weighted by molar-refractivity contribution is -0.128. The van der Waals surface area contributed by atoms with E-state index in [0.29, 0.717) is 6.04 Å². The normalized spacial score (nSPS) is 25.8. The zero-order valence-corrected chi connectivity index (χ0v) is 14.1. The quantitative estimate of drug-likeness (QED) is 0.438. The molecule has 2 N–H and O–H groups in total. The summed E-state index contributed by atoms with van der Waals surface area (Å²) in [5.41, 5.74) is 0. The van der Waals surface area contributed by atoms with Crippen LogP contribution in [0.4, 0.5) is 0 Å². The largest absolute Gasteiger partial charge is 0.357 e. The molecule has 0 radical (unpaired) electrons. The molecule has 0 bridgehead atoms. The zero-order chi connectivity index (χ0) is 13.0. The smallest absolute Gasteiger partial charge is 0.244 e. The van der Waals surface area contributed by atoms with Gasteiger partial charge in [0.2, 0.25) is 5.91 Å². The SMILES string of the molecule is CCNC(=NCC(=O)N1CCCC1)NC1CC1C.I. The molecule has 1 aliphatic carbocycles. The maximum atomic E-state index is 11.9. The first-order valence-corrected chi connectivity index (χ1v) is 7.03. The summed E-state index contributed by atoms with van der Waals surface area (Å²) < 4.78 is 0. The molecule has 19 heavy (non-hydrogen) atoms. The Balaban J connectivity index is 0.00000180. The van der Waals surface area contributed by atoms with Crippen molar-refractivity contribution in [1.82, 2.24) is 15.5 Å². The van der Waals surface area contributed by atoms with Gasteiger partial charge in [-0.2, -0.15) is 0 Å². The fourth-order valence-electron chi connectivity index (χ4n) is 2.23. The number of carbonyl (C=O) groups excluding carboxylic acids is 1. The van der Waals surface area contributed by atoms with Gasteiger partial charge in [0.15, 0.2) is 5.96 Å². The Labute approximate surface area is 132 Å². The van der Waals surface area contributed by atoms with Crippen molar-refractivity contribution in [2.24, 2.45) is 10.9 Å².